The van der Waals surface area contributed by atoms with Gasteiger partial charge in [-0.15, -0.1) is 0 Å². The zero-order valence-corrected chi connectivity index (χ0v) is 20.9. The Morgan fingerprint density at radius 1 is 1.08 bits per heavy atom. The van der Waals surface area contributed by atoms with Crippen molar-refractivity contribution < 1.29 is 17.6 Å². The van der Waals surface area contributed by atoms with Gasteiger partial charge in [-0.25, -0.2) is 14.3 Å². The van der Waals surface area contributed by atoms with Gasteiger partial charge in [-0.3, -0.25) is 14.2 Å². The Hall–Kier alpha value is -3.80. The van der Waals surface area contributed by atoms with Crippen molar-refractivity contribution in [2.75, 3.05) is 18.5 Å². The Bertz CT molecular complexity index is 1670. The molecule has 1 aromatic carbocycles. The van der Waals surface area contributed by atoms with Crippen molar-refractivity contribution in [3.05, 3.63) is 69.9 Å². The number of nitrogens with one attached hydrogen (secondary N) is 2. The quantitative estimate of drug-likeness (QED) is 0.353. The number of hydrogen-bond donors (Lipinski definition) is 2. The molecule has 1 spiro atoms. The highest BCUT2D eigenvalue weighted by Crippen LogP contribution is 2.51. The molecule has 0 bridgehead atoms. The predicted octanol–water partition coefficient (Wildman–Crippen LogP) is 4.42. The molecule has 0 unspecified atom stereocenters. The monoisotopic (exact) mass is 539 g/mol. The van der Waals surface area contributed by atoms with Gasteiger partial charge in [0.15, 0.2) is 5.65 Å². The highest BCUT2D eigenvalue weighted by Gasteiger charge is 2.47. The van der Waals surface area contributed by atoms with Crippen molar-refractivity contribution in [3.8, 4) is 5.69 Å². The SMILES string of the molecule is O=c1c2cnc(Nc3ccc4c(c3)CNCC43CC3)nc2n(-c2ccnc(C3(CF)CC3)c2)n1CC(F)(F)F. The molecule has 0 radical (unpaired) electrons. The number of aromatic nitrogens is 5. The summed E-state index contributed by atoms with van der Waals surface area (Å²) in [5.41, 5.74) is 2.60. The average Bonchev–Trinajstić information content (AvgIpc) is 3.84. The first kappa shape index (κ1) is 24.3. The first-order valence-electron chi connectivity index (χ1n) is 12.9. The lowest BCUT2D eigenvalue weighted by Crippen LogP contribution is -2.33. The number of pyridine rings is 1. The summed E-state index contributed by atoms with van der Waals surface area (Å²) in [6.07, 6.45) is 1.53. The van der Waals surface area contributed by atoms with E-state index in [1.54, 1.807) is 0 Å². The minimum absolute atomic E-state index is 0.0144. The van der Waals surface area contributed by atoms with E-state index in [9.17, 15) is 22.4 Å². The molecule has 0 saturated heterocycles. The summed E-state index contributed by atoms with van der Waals surface area (Å²) < 4.78 is 56.1. The van der Waals surface area contributed by atoms with E-state index in [0.29, 0.717) is 23.2 Å². The van der Waals surface area contributed by atoms with Crippen LogP contribution in [-0.2, 0) is 23.9 Å². The molecule has 4 aromatic rings. The number of alkyl halides is 4. The fourth-order valence-electron chi connectivity index (χ4n) is 5.71. The van der Waals surface area contributed by atoms with E-state index >= 15 is 0 Å². The van der Waals surface area contributed by atoms with Crippen LogP contribution in [0.3, 0.4) is 0 Å². The molecule has 202 valence electrons. The van der Waals surface area contributed by atoms with Gasteiger partial charge < -0.3 is 10.6 Å². The number of halogens is 4. The van der Waals surface area contributed by atoms with Crippen molar-refractivity contribution in [3.63, 3.8) is 0 Å². The molecule has 2 N–H and O–H groups in total. The average molecular weight is 540 g/mol. The van der Waals surface area contributed by atoms with Crippen LogP contribution in [-0.4, -0.2) is 43.7 Å². The number of benzene rings is 1. The van der Waals surface area contributed by atoms with Crippen molar-refractivity contribution in [2.24, 2.45) is 0 Å². The van der Waals surface area contributed by atoms with Gasteiger partial charge in [-0.05, 0) is 61.1 Å². The minimum Gasteiger partial charge on any atom is -0.324 e. The first-order chi connectivity index (χ1) is 18.7. The van der Waals surface area contributed by atoms with E-state index in [1.807, 2.05) is 12.1 Å². The smallest absolute Gasteiger partial charge is 0.324 e. The Morgan fingerprint density at radius 2 is 1.90 bits per heavy atom. The predicted molar refractivity (Wildman–Crippen MR) is 136 cm³/mol. The Kier molecular flexibility index (Phi) is 5.19. The maximum absolute atomic E-state index is 13.7. The van der Waals surface area contributed by atoms with E-state index in [-0.39, 0.29) is 28.1 Å². The first-order valence-corrected chi connectivity index (χ1v) is 12.9. The van der Waals surface area contributed by atoms with Crippen LogP contribution in [0.2, 0.25) is 0 Å². The summed E-state index contributed by atoms with van der Waals surface area (Å²) in [5.74, 6) is 0.141. The van der Waals surface area contributed by atoms with Crippen molar-refractivity contribution in [1.29, 1.82) is 0 Å². The Balaban J connectivity index is 1.32. The van der Waals surface area contributed by atoms with Crippen LogP contribution < -0.4 is 16.2 Å². The Morgan fingerprint density at radius 3 is 2.62 bits per heavy atom. The number of nitrogens with zero attached hydrogens (tertiary/aromatic N) is 5. The van der Waals surface area contributed by atoms with Gasteiger partial charge in [0, 0.05) is 42.0 Å². The lowest BCUT2D eigenvalue weighted by Gasteiger charge is -2.26. The highest BCUT2D eigenvalue weighted by molar-refractivity contribution is 5.77. The summed E-state index contributed by atoms with van der Waals surface area (Å²) in [6, 6.07) is 9.11. The molecule has 3 aliphatic rings. The van der Waals surface area contributed by atoms with Crippen LogP contribution in [0.25, 0.3) is 16.7 Å². The molecule has 4 heterocycles. The van der Waals surface area contributed by atoms with E-state index in [0.717, 1.165) is 36.3 Å². The maximum Gasteiger partial charge on any atom is 0.408 e. The van der Waals surface area contributed by atoms with Gasteiger partial charge >= 0.3 is 6.18 Å². The van der Waals surface area contributed by atoms with E-state index in [2.05, 4.69) is 31.7 Å². The van der Waals surface area contributed by atoms with E-state index in [4.69, 9.17) is 0 Å². The summed E-state index contributed by atoms with van der Waals surface area (Å²) in [4.78, 5) is 26.1. The van der Waals surface area contributed by atoms with Gasteiger partial charge in [0.2, 0.25) is 5.95 Å². The molecule has 2 aliphatic carbocycles. The van der Waals surface area contributed by atoms with Gasteiger partial charge in [0.1, 0.15) is 18.6 Å². The maximum atomic E-state index is 13.7. The molecule has 12 heteroatoms. The third-order valence-electron chi connectivity index (χ3n) is 8.21. The fraction of sp³-hybridized carbons (Fsp3) is 0.407. The van der Waals surface area contributed by atoms with Gasteiger partial charge in [-0.1, -0.05) is 6.07 Å². The molecule has 2 fully saturated rings. The largest absolute Gasteiger partial charge is 0.408 e. The number of anilines is 2. The molecular formula is C27H25F4N7O. The number of hydrogen-bond acceptors (Lipinski definition) is 6. The normalized spacial score (nSPS) is 18.8. The molecular weight excluding hydrogens is 514 g/mol. The summed E-state index contributed by atoms with van der Waals surface area (Å²) in [5, 5.41) is 6.56. The van der Waals surface area contributed by atoms with Gasteiger partial charge in [0.25, 0.3) is 5.56 Å². The number of rotatable bonds is 6. The standard InChI is InChI=1S/C27H25F4N7O/c28-13-25(4-5-25)21-10-18(3-8-33-21)38-22-19(23(39)37(38)15-27(29,30)31)12-34-24(36-22)35-17-1-2-20-16(9-17)11-32-14-26(20)6-7-26/h1-3,8-10,12,32H,4-7,11,13-15H2,(H,34,35,36). The molecule has 7 rings (SSSR count). The second-order valence-corrected chi connectivity index (χ2v) is 10.9. The van der Waals surface area contributed by atoms with Crippen molar-refractivity contribution in [1.82, 2.24) is 29.6 Å². The second kappa shape index (κ2) is 8.35. The topological polar surface area (TPSA) is 89.7 Å². The summed E-state index contributed by atoms with van der Waals surface area (Å²) >= 11 is 0. The van der Waals surface area contributed by atoms with Crippen LogP contribution in [0.15, 0.2) is 47.5 Å². The lowest BCUT2D eigenvalue weighted by molar-refractivity contribution is -0.144. The molecule has 8 nitrogen and oxygen atoms in total. The molecule has 39 heavy (non-hydrogen) atoms. The van der Waals surface area contributed by atoms with Crippen molar-refractivity contribution in [2.45, 2.75) is 55.8 Å². The number of fused-ring (bicyclic) bond motifs is 3. The molecule has 0 amide bonds. The summed E-state index contributed by atoms with van der Waals surface area (Å²) in [7, 11) is 0. The third kappa shape index (κ3) is 4.08. The minimum atomic E-state index is -4.66. The highest BCUT2D eigenvalue weighted by atomic mass is 19.4. The van der Waals surface area contributed by atoms with Crippen LogP contribution in [0.4, 0.5) is 29.2 Å². The second-order valence-electron chi connectivity index (χ2n) is 10.9. The Labute approximate surface area is 220 Å². The van der Waals surface area contributed by atoms with Crippen molar-refractivity contribution >= 4 is 22.7 Å². The van der Waals surface area contributed by atoms with Gasteiger partial charge in [-0.2, -0.15) is 18.2 Å². The lowest BCUT2D eigenvalue weighted by atomic mass is 9.88. The van der Waals surface area contributed by atoms with Gasteiger partial charge in [0.05, 0.1) is 11.4 Å². The van der Waals surface area contributed by atoms with E-state index < -0.39 is 30.4 Å². The molecule has 0 atom stereocenters. The molecule has 2 saturated carbocycles. The fourth-order valence-corrected chi connectivity index (χ4v) is 5.71. The zero-order chi connectivity index (χ0) is 27.0. The third-order valence-corrected chi connectivity index (χ3v) is 8.21. The summed E-state index contributed by atoms with van der Waals surface area (Å²) in [6.45, 7) is -0.408. The van der Waals surface area contributed by atoms with E-state index in [1.165, 1.54) is 35.7 Å². The zero-order valence-electron chi connectivity index (χ0n) is 20.9. The van der Waals surface area contributed by atoms with Crippen LogP contribution in [0.1, 0.15) is 42.5 Å². The molecule has 3 aromatic heterocycles. The van der Waals surface area contributed by atoms with Crippen LogP contribution >= 0.6 is 0 Å². The molecule has 1 aliphatic heterocycles. The van der Waals surface area contributed by atoms with Crippen LogP contribution in [0, 0.1) is 0 Å². The van der Waals surface area contributed by atoms with Crippen LogP contribution in [0.5, 0.6) is 0 Å².